The summed E-state index contributed by atoms with van der Waals surface area (Å²) in [5, 5.41) is 0. The molecule has 0 amide bonds. The summed E-state index contributed by atoms with van der Waals surface area (Å²) in [6.07, 6.45) is 7.42. The molecule has 0 heterocycles. The number of carbonyl (C=O) groups excluding carboxylic acids is 1. The highest BCUT2D eigenvalue weighted by Gasteiger charge is 2.08. The Morgan fingerprint density at radius 3 is 2.64 bits per heavy atom. The van der Waals surface area contributed by atoms with Crippen molar-refractivity contribution < 1.29 is 4.79 Å². The van der Waals surface area contributed by atoms with E-state index in [-0.39, 0.29) is 5.78 Å². The van der Waals surface area contributed by atoms with Crippen LogP contribution in [0.4, 0.5) is 0 Å². The number of carbonyl (C=O) groups is 1. The van der Waals surface area contributed by atoms with Crippen molar-refractivity contribution in [3.05, 3.63) is 53.6 Å². The summed E-state index contributed by atoms with van der Waals surface area (Å²) in [6.45, 7) is 0. The molecule has 1 aromatic rings. The summed E-state index contributed by atoms with van der Waals surface area (Å²) < 4.78 is 0. The van der Waals surface area contributed by atoms with Crippen LogP contribution >= 0.6 is 0 Å². The zero-order valence-corrected chi connectivity index (χ0v) is 7.94. The molecule has 1 heteroatoms. The summed E-state index contributed by atoms with van der Waals surface area (Å²) in [5.41, 5.74) is 2.02. The molecule has 1 aliphatic carbocycles. The van der Waals surface area contributed by atoms with E-state index in [4.69, 9.17) is 0 Å². The molecule has 0 unspecified atom stereocenters. The van der Waals surface area contributed by atoms with Gasteiger partial charge in [0.15, 0.2) is 5.78 Å². The maximum atomic E-state index is 11.4. The quantitative estimate of drug-likeness (QED) is 0.613. The van der Waals surface area contributed by atoms with E-state index in [0.717, 1.165) is 24.0 Å². The van der Waals surface area contributed by atoms with Gasteiger partial charge in [0.2, 0.25) is 0 Å². The van der Waals surface area contributed by atoms with Gasteiger partial charge in [-0.2, -0.15) is 0 Å². The van der Waals surface area contributed by atoms with Crippen molar-refractivity contribution in [2.24, 2.45) is 0 Å². The van der Waals surface area contributed by atoms with Crippen LogP contribution in [-0.4, -0.2) is 5.78 Å². The predicted octanol–water partition coefficient (Wildman–Crippen LogP) is 2.99. The van der Waals surface area contributed by atoms with Crippen LogP contribution in [0.3, 0.4) is 0 Å². The fourth-order valence-electron chi connectivity index (χ4n) is 1.55. The summed E-state index contributed by atoms with van der Waals surface area (Å²) in [5.74, 6) is 0.153. The third kappa shape index (κ3) is 1.99. The van der Waals surface area contributed by atoms with Crippen molar-refractivity contribution in [1.82, 2.24) is 0 Å². The first-order chi connectivity index (χ1) is 6.86. The van der Waals surface area contributed by atoms with Gasteiger partial charge in [-0.1, -0.05) is 36.4 Å². The van der Waals surface area contributed by atoms with E-state index < -0.39 is 0 Å². The average molecular weight is 184 g/mol. The number of hydrogen-bond acceptors (Lipinski definition) is 1. The molecule has 0 radical (unpaired) electrons. The van der Waals surface area contributed by atoms with Gasteiger partial charge in [0, 0.05) is 5.57 Å². The molecule has 0 fully saturated rings. The molecule has 1 aromatic carbocycles. The van der Waals surface area contributed by atoms with E-state index >= 15 is 0 Å². The molecule has 0 aliphatic heterocycles. The van der Waals surface area contributed by atoms with Crippen LogP contribution in [0.2, 0.25) is 0 Å². The molecule has 70 valence electrons. The largest absolute Gasteiger partial charge is 0.290 e. The fraction of sp³-hybridized carbons (Fsp3) is 0.154. The van der Waals surface area contributed by atoms with Gasteiger partial charge in [-0.05, 0) is 30.6 Å². The summed E-state index contributed by atoms with van der Waals surface area (Å²) in [7, 11) is 0. The van der Waals surface area contributed by atoms with Crippen molar-refractivity contribution in [1.29, 1.82) is 0 Å². The monoisotopic (exact) mass is 184 g/mol. The van der Waals surface area contributed by atoms with Crippen molar-refractivity contribution in [2.75, 3.05) is 0 Å². The van der Waals surface area contributed by atoms with Crippen LogP contribution < -0.4 is 0 Å². The minimum atomic E-state index is 0.153. The molecule has 0 saturated heterocycles. The van der Waals surface area contributed by atoms with Crippen molar-refractivity contribution in [3.63, 3.8) is 0 Å². The standard InChI is InChI=1S/C13H12O/c14-13-9-5-4-8-12(13)10-11-6-2-1-3-7-11/h1-3,5-7,9-10H,4,8H2. The minimum absolute atomic E-state index is 0.153. The Kier molecular flexibility index (Phi) is 2.59. The Morgan fingerprint density at radius 2 is 1.93 bits per heavy atom. The van der Waals surface area contributed by atoms with E-state index in [0.29, 0.717) is 0 Å². The molecule has 1 nitrogen and oxygen atoms in total. The molecule has 0 spiro atoms. The second-order valence-corrected chi connectivity index (χ2v) is 3.39. The van der Waals surface area contributed by atoms with Gasteiger partial charge in [0.1, 0.15) is 0 Å². The summed E-state index contributed by atoms with van der Waals surface area (Å²) >= 11 is 0. The lowest BCUT2D eigenvalue weighted by atomic mass is 9.97. The SMILES string of the molecule is O=C1C=CCCC1=Cc1ccccc1. The Bertz CT molecular complexity index is 385. The van der Waals surface area contributed by atoms with Crippen LogP contribution in [0.15, 0.2) is 48.1 Å². The third-order valence-corrected chi connectivity index (χ3v) is 2.31. The van der Waals surface area contributed by atoms with Crippen LogP contribution in [-0.2, 0) is 4.79 Å². The maximum absolute atomic E-state index is 11.4. The van der Waals surface area contributed by atoms with E-state index in [9.17, 15) is 4.79 Å². The second-order valence-electron chi connectivity index (χ2n) is 3.39. The molecular formula is C13H12O. The normalized spacial score (nSPS) is 18.9. The zero-order chi connectivity index (χ0) is 9.80. The Hall–Kier alpha value is -1.63. The fourth-order valence-corrected chi connectivity index (χ4v) is 1.55. The van der Waals surface area contributed by atoms with Crippen molar-refractivity contribution in [3.8, 4) is 0 Å². The van der Waals surface area contributed by atoms with Crippen molar-refractivity contribution in [2.45, 2.75) is 12.8 Å². The lowest BCUT2D eigenvalue weighted by Gasteiger charge is -2.06. The Labute approximate surface area is 83.8 Å². The Morgan fingerprint density at radius 1 is 1.14 bits per heavy atom. The van der Waals surface area contributed by atoms with Gasteiger partial charge in [0.05, 0.1) is 0 Å². The topological polar surface area (TPSA) is 17.1 Å². The molecule has 1 aliphatic rings. The van der Waals surface area contributed by atoms with Crippen LogP contribution in [0, 0.1) is 0 Å². The first kappa shape index (κ1) is 8.95. The molecule has 0 saturated carbocycles. The van der Waals surface area contributed by atoms with E-state index in [1.54, 1.807) is 6.08 Å². The molecule has 0 N–H and O–H groups in total. The maximum Gasteiger partial charge on any atom is 0.181 e. The molecule has 2 rings (SSSR count). The second kappa shape index (κ2) is 4.05. The predicted molar refractivity (Wildman–Crippen MR) is 57.8 cm³/mol. The number of rotatable bonds is 1. The Balaban J connectivity index is 2.27. The van der Waals surface area contributed by atoms with Crippen molar-refractivity contribution >= 4 is 11.9 Å². The lowest BCUT2D eigenvalue weighted by Crippen LogP contribution is -2.02. The molecule has 0 bridgehead atoms. The van der Waals surface area contributed by atoms with Gasteiger partial charge < -0.3 is 0 Å². The highest BCUT2D eigenvalue weighted by Crippen LogP contribution is 2.17. The summed E-state index contributed by atoms with van der Waals surface area (Å²) in [4.78, 5) is 11.4. The highest BCUT2D eigenvalue weighted by molar-refractivity contribution is 6.07. The van der Waals surface area contributed by atoms with Gasteiger partial charge in [-0.25, -0.2) is 0 Å². The molecule has 14 heavy (non-hydrogen) atoms. The smallest absolute Gasteiger partial charge is 0.181 e. The first-order valence-electron chi connectivity index (χ1n) is 4.83. The van der Waals surface area contributed by atoms with Gasteiger partial charge in [-0.3, -0.25) is 4.79 Å². The number of hydrogen-bond donors (Lipinski definition) is 0. The number of allylic oxidation sites excluding steroid dienone is 3. The van der Waals surface area contributed by atoms with Crippen LogP contribution in [0.1, 0.15) is 18.4 Å². The highest BCUT2D eigenvalue weighted by atomic mass is 16.1. The van der Waals surface area contributed by atoms with E-state index in [1.807, 2.05) is 42.5 Å². The zero-order valence-electron chi connectivity index (χ0n) is 7.94. The number of benzene rings is 1. The van der Waals surface area contributed by atoms with Crippen LogP contribution in [0.5, 0.6) is 0 Å². The van der Waals surface area contributed by atoms with E-state index in [1.165, 1.54) is 0 Å². The van der Waals surface area contributed by atoms with Gasteiger partial charge in [-0.15, -0.1) is 0 Å². The third-order valence-electron chi connectivity index (χ3n) is 2.31. The molecule has 0 atom stereocenters. The summed E-state index contributed by atoms with van der Waals surface area (Å²) in [6, 6.07) is 9.97. The minimum Gasteiger partial charge on any atom is -0.290 e. The van der Waals surface area contributed by atoms with Gasteiger partial charge >= 0.3 is 0 Å². The van der Waals surface area contributed by atoms with E-state index in [2.05, 4.69) is 0 Å². The van der Waals surface area contributed by atoms with Gasteiger partial charge in [0.25, 0.3) is 0 Å². The lowest BCUT2D eigenvalue weighted by molar-refractivity contribution is -0.111. The average Bonchev–Trinajstić information content (AvgIpc) is 2.23. The first-order valence-corrected chi connectivity index (χ1v) is 4.83. The number of ketones is 1. The van der Waals surface area contributed by atoms with Crippen LogP contribution in [0.25, 0.3) is 6.08 Å². The molecule has 0 aromatic heterocycles. The molecular weight excluding hydrogens is 172 g/mol.